The summed E-state index contributed by atoms with van der Waals surface area (Å²) in [5.74, 6) is 0.452. The predicted molar refractivity (Wildman–Crippen MR) is 89.8 cm³/mol. The van der Waals surface area contributed by atoms with Gasteiger partial charge < -0.3 is 4.90 Å². The van der Waals surface area contributed by atoms with Gasteiger partial charge in [-0.2, -0.15) is 5.10 Å². The van der Waals surface area contributed by atoms with Gasteiger partial charge in [-0.1, -0.05) is 6.07 Å². The number of urea groups is 1. The summed E-state index contributed by atoms with van der Waals surface area (Å²) < 4.78 is 1.63. The topological polar surface area (TPSA) is 80.1 Å². The Morgan fingerprint density at radius 3 is 2.83 bits per heavy atom. The lowest BCUT2D eigenvalue weighted by Gasteiger charge is -2.31. The summed E-state index contributed by atoms with van der Waals surface area (Å²) in [6.07, 6.45) is 3.20. The van der Waals surface area contributed by atoms with Crippen molar-refractivity contribution in [1.29, 1.82) is 0 Å². The summed E-state index contributed by atoms with van der Waals surface area (Å²) in [6.45, 7) is 2.94. The van der Waals surface area contributed by atoms with E-state index >= 15 is 0 Å². The van der Waals surface area contributed by atoms with Crippen LogP contribution in [0.3, 0.4) is 0 Å². The Morgan fingerprint density at radius 1 is 1.33 bits per heavy atom. The second-order valence-corrected chi connectivity index (χ2v) is 6.09. The van der Waals surface area contributed by atoms with Crippen LogP contribution in [0, 0.1) is 12.8 Å². The third-order valence-corrected chi connectivity index (χ3v) is 4.23. The van der Waals surface area contributed by atoms with Crippen LogP contribution < -0.4 is 5.32 Å². The Bertz CT molecular complexity index is 741. The van der Waals surface area contributed by atoms with Crippen LogP contribution in [0.15, 0.2) is 30.5 Å². The fourth-order valence-electron chi connectivity index (χ4n) is 3.01. The lowest BCUT2D eigenvalue weighted by Crippen LogP contribution is -2.44. The molecule has 1 saturated heterocycles. The van der Waals surface area contributed by atoms with Crippen molar-refractivity contribution in [2.45, 2.75) is 19.8 Å². The lowest BCUT2D eigenvalue weighted by atomic mass is 9.92. The second-order valence-electron chi connectivity index (χ2n) is 6.09. The van der Waals surface area contributed by atoms with E-state index < -0.39 is 0 Å². The van der Waals surface area contributed by atoms with Gasteiger partial charge in [0.25, 0.3) is 0 Å². The number of rotatable bonds is 3. The quantitative estimate of drug-likeness (QED) is 0.877. The molecule has 1 N–H and O–H groups in total. The minimum Gasteiger partial charge on any atom is -0.324 e. The number of amides is 2. The van der Waals surface area contributed by atoms with Crippen molar-refractivity contribution in [3.05, 3.63) is 41.9 Å². The number of nitrogens with one attached hydrogen (secondary N) is 1. The van der Waals surface area contributed by atoms with E-state index in [1.165, 1.54) is 0 Å². The average Bonchev–Trinajstić information content (AvgIpc) is 2.92. The summed E-state index contributed by atoms with van der Waals surface area (Å²) in [5.41, 5.74) is 1.31. The van der Waals surface area contributed by atoms with Crippen LogP contribution in [0.25, 0.3) is 0 Å². The van der Waals surface area contributed by atoms with Crippen molar-refractivity contribution in [1.82, 2.24) is 19.7 Å². The van der Waals surface area contributed by atoms with E-state index in [1.807, 2.05) is 13.0 Å². The molecule has 7 nitrogen and oxygen atoms in total. The number of ketones is 1. The van der Waals surface area contributed by atoms with Crippen LogP contribution in [0.2, 0.25) is 0 Å². The number of pyridine rings is 1. The summed E-state index contributed by atoms with van der Waals surface area (Å²) in [6, 6.07) is 6.93. The molecule has 1 atom stereocenters. The molecule has 2 amide bonds. The number of Topliss-reactive ketones (excluding diaryl/α,β-unsaturated/α-hetero) is 1. The van der Waals surface area contributed by atoms with Gasteiger partial charge in [0.2, 0.25) is 0 Å². The Balaban J connectivity index is 1.66. The average molecular weight is 327 g/mol. The molecule has 1 aliphatic rings. The van der Waals surface area contributed by atoms with Gasteiger partial charge in [-0.15, -0.1) is 0 Å². The van der Waals surface area contributed by atoms with Gasteiger partial charge in [0.1, 0.15) is 11.5 Å². The number of hydrogen-bond donors (Lipinski definition) is 1. The summed E-state index contributed by atoms with van der Waals surface area (Å²) in [5, 5.41) is 7.07. The van der Waals surface area contributed by atoms with Crippen LogP contribution in [0.1, 0.15) is 29.0 Å². The van der Waals surface area contributed by atoms with Gasteiger partial charge in [0.15, 0.2) is 5.78 Å². The van der Waals surface area contributed by atoms with Gasteiger partial charge in [-0.25, -0.2) is 4.79 Å². The van der Waals surface area contributed by atoms with Gasteiger partial charge in [0, 0.05) is 38.3 Å². The van der Waals surface area contributed by atoms with Gasteiger partial charge in [-0.05, 0) is 31.9 Å². The van der Waals surface area contributed by atoms with Crippen LogP contribution in [0.5, 0.6) is 0 Å². The third kappa shape index (κ3) is 3.45. The van der Waals surface area contributed by atoms with E-state index in [4.69, 9.17) is 0 Å². The molecule has 1 fully saturated rings. The van der Waals surface area contributed by atoms with Gasteiger partial charge >= 0.3 is 6.03 Å². The van der Waals surface area contributed by atoms with E-state index in [1.54, 1.807) is 41.0 Å². The zero-order valence-electron chi connectivity index (χ0n) is 13.9. The molecule has 0 spiro atoms. The van der Waals surface area contributed by atoms with Crippen molar-refractivity contribution in [2.75, 3.05) is 18.4 Å². The number of carbonyl (C=O) groups is 2. The maximum atomic E-state index is 12.5. The maximum Gasteiger partial charge on any atom is 0.323 e. The number of nitrogens with zero attached hydrogens (tertiary/aromatic N) is 4. The minimum absolute atomic E-state index is 0.00415. The Labute approximate surface area is 140 Å². The fraction of sp³-hybridized carbons (Fsp3) is 0.412. The smallest absolute Gasteiger partial charge is 0.323 e. The predicted octanol–water partition coefficient (Wildman–Crippen LogP) is 2.25. The highest BCUT2D eigenvalue weighted by atomic mass is 16.2. The Morgan fingerprint density at radius 2 is 2.17 bits per heavy atom. The first kappa shape index (κ1) is 16.2. The molecule has 0 radical (unpaired) electrons. The minimum atomic E-state index is -0.201. The van der Waals surface area contributed by atoms with E-state index in [9.17, 15) is 9.59 Å². The fourth-order valence-corrected chi connectivity index (χ4v) is 3.01. The maximum absolute atomic E-state index is 12.5. The molecule has 126 valence electrons. The van der Waals surface area contributed by atoms with Gasteiger partial charge in [0.05, 0.1) is 5.69 Å². The Hall–Kier alpha value is -2.70. The SMILES string of the molecule is Cc1cc(NC(=O)N2CCCC(C(=O)c3ccccn3)C2)n(C)n1. The normalized spacial score (nSPS) is 17.6. The standard InChI is InChI=1S/C17H21N5O2/c1-12-10-15(21(2)20-12)19-17(24)22-9-5-6-13(11-22)16(23)14-7-3-4-8-18-14/h3-4,7-8,10,13H,5-6,9,11H2,1-2H3,(H,19,24). The highest BCUT2D eigenvalue weighted by Crippen LogP contribution is 2.21. The largest absolute Gasteiger partial charge is 0.324 e. The molecule has 2 aromatic heterocycles. The van der Waals surface area contributed by atoms with E-state index in [-0.39, 0.29) is 17.7 Å². The number of aromatic nitrogens is 3. The molecule has 7 heteroatoms. The van der Waals surface area contributed by atoms with Crippen molar-refractivity contribution < 1.29 is 9.59 Å². The van der Waals surface area contributed by atoms with Crippen molar-refractivity contribution in [2.24, 2.45) is 13.0 Å². The number of piperidine rings is 1. The molecule has 0 bridgehead atoms. The molecule has 0 aromatic carbocycles. The molecule has 0 aliphatic carbocycles. The third-order valence-electron chi connectivity index (χ3n) is 4.23. The van der Waals surface area contributed by atoms with E-state index in [0.717, 1.165) is 18.5 Å². The molecular formula is C17H21N5O2. The first-order chi connectivity index (χ1) is 11.5. The number of hydrogen-bond acceptors (Lipinski definition) is 4. The number of aryl methyl sites for hydroxylation is 2. The van der Waals surface area contributed by atoms with Crippen LogP contribution in [0.4, 0.5) is 10.6 Å². The molecule has 3 heterocycles. The molecule has 1 unspecified atom stereocenters. The lowest BCUT2D eigenvalue weighted by molar-refractivity contribution is 0.0846. The van der Waals surface area contributed by atoms with Crippen molar-refractivity contribution >= 4 is 17.6 Å². The van der Waals surface area contributed by atoms with Crippen molar-refractivity contribution in [3.63, 3.8) is 0 Å². The van der Waals surface area contributed by atoms with E-state index in [0.29, 0.717) is 24.6 Å². The monoisotopic (exact) mass is 327 g/mol. The van der Waals surface area contributed by atoms with Crippen LogP contribution in [-0.2, 0) is 7.05 Å². The first-order valence-corrected chi connectivity index (χ1v) is 8.06. The summed E-state index contributed by atoms with van der Waals surface area (Å²) in [4.78, 5) is 30.8. The highest BCUT2D eigenvalue weighted by Gasteiger charge is 2.29. The highest BCUT2D eigenvalue weighted by molar-refractivity contribution is 5.97. The van der Waals surface area contributed by atoms with Crippen LogP contribution >= 0.6 is 0 Å². The zero-order chi connectivity index (χ0) is 17.1. The van der Waals surface area contributed by atoms with Crippen LogP contribution in [-0.4, -0.2) is 44.6 Å². The number of carbonyl (C=O) groups excluding carboxylic acids is 2. The molecule has 0 saturated carbocycles. The first-order valence-electron chi connectivity index (χ1n) is 8.06. The summed E-state index contributed by atoms with van der Waals surface area (Å²) >= 11 is 0. The van der Waals surface area contributed by atoms with Gasteiger partial charge in [-0.3, -0.25) is 19.8 Å². The Kier molecular flexibility index (Phi) is 4.59. The molecular weight excluding hydrogens is 306 g/mol. The second kappa shape index (κ2) is 6.82. The van der Waals surface area contributed by atoms with E-state index in [2.05, 4.69) is 15.4 Å². The molecule has 3 rings (SSSR count). The zero-order valence-corrected chi connectivity index (χ0v) is 13.9. The number of likely N-dealkylation sites (tertiary alicyclic amines) is 1. The summed E-state index contributed by atoms with van der Waals surface area (Å²) in [7, 11) is 1.78. The molecule has 1 aliphatic heterocycles. The van der Waals surface area contributed by atoms with Crippen molar-refractivity contribution in [3.8, 4) is 0 Å². The molecule has 24 heavy (non-hydrogen) atoms. The number of anilines is 1. The molecule has 2 aromatic rings.